The van der Waals surface area contributed by atoms with Gasteiger partial charge in [-0.3, -0.25) is 4.98 Å². The molecule has 0 radical (unpaired) electrons. The lowest BCUT2D eigenvalue weighted by Gasteiger charge is -2.10. The van der Waals surface area contributed by atoms with Gasteiger partial charge in [-0.15, -0.1) is 0 Å². The maximum Gasteiger partial charge on any atom is 0.163 e. The maximum atomic E-state index is 13.2. The van der Waals surface area contributed by atoms with Crippen molar-refractivity contribution in [1.82, 2.24) is 9.97 Å². The molecule has 0 saturated carbocycles. The van der Waals surface area contributed by atoms with E-state index in [1.54, 1.807) is 44.7 Å². The molecule has 112 valence electrons. The molecule has 1 heterocycles. The van der Waals surface area contributed by atoms with Crippen LogP contribution in [0, 0.1) is 5.82 Å². The van der Waals surface area contributed by atoms with Gasteiger partial charge in [-0.1, -0.05) is 6.07 Å². The molecule has 0 aliphatic heterocycles. The molecule has 0 aliphatic carbocycles. The van der Waals surface area contributed by atoms with Crippen LogP contribution in [0.3, 0.4) is 0 Å². The van der Waals surface area contributed by atoms with Crippen LogP contribution in [0.1, 0.15) is 0 Å². The fraction of sp³-hybridized carbons (Fsp3) is 0.125. The van der Waals surface area contributed by atoms with Gasteiger partial charge in [0.15, 0.2) is 11.5 Å². The number of rotatable bonds is 4. The summed E-state index contributed by atoms with van der Waals surface area (Å²) in [5.74, 6) is 1.37. The number of hydrogen-bond acceptors (Lipinski definition) is 5. The van der Waals surface area contributed by atoms with E-state index in [1.165, 1.54) is 12.1 Å². The van der Waals surface area contributed by atoms with Crippen LogP contribution in [0.2, 0.25) is 0 Å². The summed E-state index contributed by atoms with van der Waals surface area (Å²) in [7, 11) is 3.13. The third kappa shape index (κ3) is 2.76. The molecular weight excluding hydrogens is 285 g/mol. The molecule has 0 amide bonds. The van der Waals surface area contributed by atoms with Gasteiger partial charge in [0, 0.05) is 17.8 Å². The Morgan fingerprint density at radius 2 is 1.73 bits per heavy atom. The van der Waals surface area contributed by atoms with Crippen LogP contribution in [0.25, 0.3) is 11.0 Å². The fourth-order valence-corrected chi connectivity index (χ4v) is 2.11. The number of methoxy groups -OCH3 is 2. The molecule has 1 aromatic heterocycles. The van der Waals surface area contributed by atoms with Crippen molar-refractivity contribution in [1.29, 1.82) is 0 Å². The number of anilines is 2. The van der Waals surface area contributed by atoms with Crippen LogP contribution in [-0.2, 0) is 0 Å². The summed E-state index contributed by atoms with van der Waals surface area (Å²) in [6.07, 6.45) is 1.58. The largest absolute Gasteiger partial charge is 0.493 e. The zero-order chi connectivity index (χ0) is 15.5. The summed E-state index contributed by atoms with van der Waals surface area (Å²) < 4.78 is 23.7. The number of nitrogens with zero attached hydrogens (tertiary/aromatic N) is 2. The lowest BCUT2D eigenvalue weighted by Crippen LogP contribution is -1.97. The van der Waals surface area contributed by atoms with Crippen molar-refractivity contribution in [3.05, 3.63) is 48.4 Å². The average Bonchev–Trinajstić information content (AvgIpc) is 2.53. The second-order valence-corrected chi connectivity index (χ2v) is 4.59. The van der Waals surface area contributed by atoms with E-state index in [2.05, 4.69) is 15.3 Å². The van der Waals surface area contributed by atoms with E-state index in [4.69, 9.17) is 9.47 Å². The number of ether oxygens (including phenoxy) is 2. The first-order chi connectivity index (χ1) is 10.7. The van der Waals surface area contributed by atoms with E-state index in [0.717, 1.165) is 0 Å². The maximum absolute atomic E-state index is 13.2. The third-order valence-electron chi connectivity index (χ3n) is 3.14. The van der Waals surface area contributed by atoms with Crippen molar-refractivity contribution in [2.24, 2.45) is 0 Å². The molecule has 22 heavy (non-hydrogen) atoms. The first kappa shape index (κ1) is 14.1. The molecule has 0 atom stereocenters. The monoisotopic (exact) mass is 299 g/mol. The molecule has 0 unspecified atom stereocenters. The molecule has 0 fully saturated rings. The number of fused-ring (bicyclic) bond motifs is 1. The standard InChI is InChI=1S/C16H14FN3O2/c1-21-14-7-12-13(8-15(14)22-2)20-16(9-18-12)19-11-5-3-4-10(17)6-11/h3-9H,1-2H3,(H,19,20). The van der Waals surface area contributed by atoms with Gasteiger partial charge in [-0.25, -0.2) is 9.37 Å². The van der Waals surface area contributed by atoms with Crippen molar-refractivity contribution in [2.45, 2.75) is 0 Å². The third-order valence-corrected chi connectivity index (χ3v) is 3.14. The molecule has 0 spiro atoms. The Morgan fingerprint density at radius 1 is 1.00 bits per heavy atom. The molecule has 5 nitrogen and oxygen atoms in total. The van der Waals surface area contributed by atoms with Crippen molar-refractivity contribution in [3.8, 4) is 11.5 Å². The van der Waals surface area contributed by atoms with Crippen molar-refractivity contribution in [3.63, 3.8) is 0 Å². The van der Waals surface area contributed by atoms with Gasteiger partial charge < -0.3 is 14.8 Å². The first-order valence-corrected chi connectivity index (χ1v) is 6.61. The topological polar surface area (TPSA) is 56.3 Å². The van der Waals surface area contributed by atoms with E-state index in [0.29, 0.717) is 34.0 Å². The average molecular weight is 299 g/mol. The second kappa shape index (κ2) is 5.85. The smallest absolute Gasteiger partial charge is 0.163 e. The van der Waals surface area contributed by atoms with Crippen LogP contribution >= 0.6 is 0 Å². The molecule has 1 N–H and O–H groups in total. The van der Waals surface area contributed by atoms with Crippen LogP contribution in [0.4, 0.5) is 15.9 Å². The summed E-state index contributed by atoms with van der Waals surface area (Å²) >= 11 is 0. The van der Waals surface area contributed by atoms with Gasteiger partial charge in [0.05, 0.1) is 31.4 Å². The number of hydrogen-bond donors (Lipinski definition) is 1. The van der Waals surface area contributed by atoms with Crippen molar-refractivity contribution in [2.75, 3.05) is 19.5 Å². The van der Waals surface area contributed by atoms with Crippen LogP contribution in [0.15, 0.2) is 42.6 Å². The summed E-state index contributed by atoms with van der Waals surface area (Å²) in [6, 6.07) is 9.66. The Bertz CT molecular complexity index is 824. The molecule has 6 heteroatoms. The Labute approximate surface area is 126 Å². The summed E-state index contributed by atoms with van der Waals surface area (Å²) in [5.41, 5.74) is 1.94. The van der Waals surface area contributed by atoms with Gasteiger partial charge in [0.1, 0.15) is 11.6 Å². The lowest BCUT2D eigenvalue weighted by atomic mass is 10.2. The van der Waals surface area contributed by atoms with E-state index < -0.39 is 0 Å². The number of halogens is 1. The Balaban J connectivity index is 1.98. The quantitative estimate of drug-likeness (QED) is 0.798. The highest BCUT2D eigenvalue weighted by Crippen LogP contribution is 2.31. The van der Waals surface area contributed by atoms with Gasteiger partial charge >= 0.3 is 0 Å². The van der Waals surface area contributed by atoms with Crippen molar-refractivity contribution < 1.29 is 13.9 Å². The minimum Gasteiger partial charge on any atom is -0.493 e. The van der Waals surface area contributed by atoms with Crippen LogP contribution in [-0.4, -0.2) is 24.2 Å². The Hall–Kier alpha value is -2.89. The molecule has 0 bridgehead atoms. The van der Waals surface area contributed by atoms with E-state index >= 15 is 0 Å². The molecule has 0 aliphatic rings. The van der Waals surface area contributed by atoms with E-state index in [-0.39, 0.29) is 5.82 Å². The minimum absolute atomic E-state index is 0.315. The first-order valence-electron chi connectivity index (χ1n) is 6.61. The number of nitrogens with one attached hydrogen (secondary N) is 1. The molecule has 3 aromatic rings. The predicted molar refractivity (Wildman–Crippen MR) is 82.3 cm³/mol. The Morgan fingerprint density at radius 3 is 2.41 bits per heavy atom. The lowest BCUT2D eigenvalue weighted by molar-refractivity contribution is 0.355. The van der Waals surface area contributed by atoms with Gasteiger partial charge in [0.25, 0.3) is 0 Å². The molecule has 0 saturated heterocycles. The zero-order valence-corrected chi connectivity index (χ0v) is 12.1. The highest BCUT2D eigenvalue weighted by Gasteiger charge is 2.08. The highest BCUT2D eigenvalue weighted by atomic mass is 19.1. The molecular formula is C16H14FN3O2. The van der Waals surface area contributed by atoms with E-state index in [1.807, 2.05) is 0 Å². The molecule has 2 aromatic carbocycles. The number of benzene rings is 2. The van der Waals surface area contributed by atoms with Crippen molar-refractivity contribution >= 4 is 22.5 Å². The van der Waals surface area contributed by atoms with Gasteiger partial charge in [-0.05, 0) is 18.2 Å². The summed E-state index contributed by atoms with van der Waals surface area (Å²) in [4.78, 5) is 8.78. The summed E-state index contributed by atoms with van der Waals surface area (Å²) in [5, 5.41) is 3.02. The number of aromatic nitrogens is 2. The van der Waals surface area contributed by atoms with Gasteiger partial charge in [0.2, 0.25) is 0 Å². The second-order valence-electron chi connectivity index (χ2n) is 4.59. The van der Waals surface area contributed by atoms with Crippen LogP contribution < -0.4 is 14.8 Å². The highest BCUT2D eigenvalue weighted by molar-refractivity contribution is 5.80. The SMILES string of the molecule is COc1cc2ncc(Nc3cccc(F)c3)nc2cc1OC. The zero-order valence-electron chi connectivity index (χ0n) is 12.1. The van der Waals surface area contributed by atoms with Crippen LogP contribution in [0.5, 0.6) is 11.5 Å². The Kier molecular flexibility index (Phi) is 3.74. The summed E-state index contributed by atoms with van der Waals surface area (Å²) in [6.45, 7) is 0. The van der Waals surface area contributed by atoms with E-state index in [9.17, 15) is 4.39 Å². The predicted octanol–water partition coefficient (Wildman–Crippen LogP) is 3.53. The van der Waals surface area contributed by atoms with Gasteiger partial charge in [-0.2, -0.15) is 0 Å². The molecule has 3 rings (SSSR count). The minimum atomic E-state index is -0.315. The fourth-order valence-electron chi connectivity index (χ4n) is 2.11. The normalized spacial score (nSPS) is 10.5.